The minimum atomic E-state index is -0.720. The number of hydrogen-bond donors (Lipinski definition) is 1. The maximum Gasteiger partial charge on any atom is 0.305 e. The van der Waals surface area contributed by atoms with Crippen LogP contribution in [-0.4, -0.2) is 29.1 Å². The molecule has 1 atom stereocenters. The van der Waals surface area contributed by atoms with Gasteiger partial charge in [0.25, 0.3) is 0 Å². The van der Waals surface area contributed by atoms with E-state index in [1.807, 2.05) is 6.92 Å². The van der Waals surface area contributed by atoms with Gasteiger partial charge in [-0.2, -0.15) is 0 Å². The minimum Gasteiger partial charge on any atom is -0.481 e. The van der Waals surface area contributed by atoms with Gasteiger partial charge in [0.05, 0.1) is 6.42 Å². The Kier molecular flexibility index (Phi) is 3.79. The zero-order chi connectivity index (χ0) is 12.3. The summed E-state index contributed by atoms with van der Waals surface area (Å²) in [4.78, 5) is 13.3. The summed E-state index contributed by atoms with van der Waals surface area (Å²) in [6, 6.07) is 8.26. The van der Waals surface area contributed by atoms with Crippen molar-refractivity contribution in [1.82, 2.24) is 4.90 Å². The molecule has 17 heavy (non-hydrogen) atoms. The molecule has 0 spiro atoms. The molecular weight excluding hydrogens is 214 g/mol. The third kappa shape index (κ3) is 3.07. The Labute approximate surface area is 102 Å². The maximum absolute atomic E-state index is 11.0. The Morgan fingerprint density at radius 2 is 1.88 bits per heavy atom. The first-order valence-corrected chi connectivity index (χ1v) is 6.19. The summed E-state index contributed by atoms with van der Waals surface area (Å²) in [7, 11) is 0. The fourth-order valence-electron chi connectivity index (χ4n) is 2.47. The molecule has 1 N–H and O–H groups in total. The van der Waals surface area contributed by atoms with Gasteiger partial charge in [0.15, 0.2) is 0 Å². The number of aryl methyl sites for hydroxylation is 1. The number of rotatable bonds is 4. The van der Waals surface area contributed by atoms with Crippen LogP contribution in [0.4, 0.5) is 0 Å². The van der Waals surface area contributed by atoms with Gasteiger partial charge in [-0.1, -0.05) is 29.8 Å². The van der Waals surface area contributed by atoms with Crippen molar-refractivity contribution in [1.29, 1.82) is 0 Å². The summed E-state index contributed by atoms with van der Waals surface area (Å²) in [5, 5.41) is 9.03. The van der Waals surface area contributed by atoms with Gasteiger partial charge in [-0.3, -0.25) is 9.69 Å². The highest BCUT2D eigenvalue weighted by atomic mass is 16.4. The van der Waals surface area contributed by atoms with Gasteiger partial charge in [0.2, 0.25) is 0 Å². The van der Waals surface area contributed by atoms with Crippen LogP contribution in [0.2, 0.25) is 0 Å². The van der Waals surface area contributed by atoms with Gasteiger partial charge in [0, 0.05) is 6.04 Å². The molecule has 92 valence electrons. The van der Waals surface area contributed by atoms with E-state index in [1.54, 1.807) is 0 Å². The smallest absolute Gasteiger partial charge is 0.305 e. The Bertz CT molecular complexity index is 380. The second-order valence-corrected chi connectivity index (χ2v) is 4.77. The highest BCUT2D eigenvalue weighted by Gasteiger charge is 2.25. The number of hydrogen-bond acceptors (Lipinski definition) is 2. The minimum absolute atomic E-state index is 0.0376. The van der Waals surface area contributed by atoms with E-state index in [-0.39, 0.29) is 12.5 Å². The average Bonchev–Trinajstić information content (AvgIpc) is 2.80. The van der Waals surface area contributed by atoms with Gasteiger partial charge >= 0.3 is 5.97 Å². The second-order valence-electron chi connectivity index (χ2n) is 4.77. The fourth-order valence-corrected chi connectivity index (χ4v) is 2.47. The van der Waals surface area contributed by atoms with Crippen LogP contribution in [0.1, 0.15) is 36.4 Å². The van der Waals surface area contributed by atoms with Gasteiger partial charge < -0.3 is 5.11 Å². The summed E-state index contributed by atoms with van der Waals surface area (Å²) < 4.78 is 0. The lowest BCUT2D eigenvalue weighted by atomic mass is 10.0. The molecule has 1 aromatic carbocycles. The topological polar surface area (TPSA) is 40.5 Å². The van der Waals surface area contributed by atoms with Crippen LogP contribution in [0.15, 0.2) is 24.3 Å². The number of likely N-dealkylation sites (tertiary alicyclic amines) is 1. The molecule has 3 heteroatoms. The molecule has 1 unspecified atom stereocenters. The van der Waals surface area contributed by atoms with Crippen LogP contribution in [0.25, 0.3) is 0 Å². The number of carboxylic acids is 1. The van der Waals surface area contributed by atoms with Crippen LogP contribution < -0.4 is 0 Å². The largest absolute Gasteiger partial charge is 0.481 e. The summed E-state index contributed by atoms with van der Waals surface area (Å²) in [5.74, 6) is -0.720. The maximum atomic E-state index is 11.0. The van der Waals surface area contributed by atoms with Gasteiger partial charge in [-0.05, 0) is 38.4 Å². The van der Waals surface area contributed by atoms with Crippen LogP contribution in [0, 0.1) is 6.92 Å². The quantitative estimate of drug-likeness (QED) is 0.869. The third-order valence-corrected chi connectivity index (χ3v) is 3.41. The molecule has 0 aromatic heterocycles. The molecule has 0 radical (unpaired) electrons. The standard InChI is InChI=1S/C14H19NO2/c1-11-4-6-12(7-5-11)13(10-14(16)17)15-8-2-3-9-15/h4-7,13H,2-3,8-10H2,1H3,(H,16,17). The highest BCUT2D eigenvalue weighted by Crippen LogP contribution is 2.28. The molecule has 1 heterocycles. The first-order valence-electron chi connectivity index (χ1n) is 6.19. The lowest BCUT2D eigenvalue weighted by Gasteiger charge is -2.26. The van der Waals surface area contributed by atoms with Crippen LogP contribution in [-0.2, 0) is 4.79 Å². The monoisotopic (exact) mass is 233 g/mol. The normalized spacial score (nSPS) is 18.2. The van der Waals surface area contributed by atoms with Crippen molar-refractivity contribution >= 4 is 5.97 Å². The summed E-state index contributed by atoms with van der Waals surface area (Å²) in [6.45, 7) is 4.09. The second kappa shape index (κ2) is 5.32. The van der Waals surface area contributed by atoms with Crippen LogP contribution >= 0.6 is 0 Å². The van der Waals surface area contributed by atoms with E-state index in [4.69, 9.17) is 5.11 Å². The van der Waals surface area contributed by atoms with E-state index >= 15 is 0 Å². The van der Waals surface area contributed by atoms with Crippen molar-refractivity contribution in [2.45, 2.75) is 32.2 Å². The van der Waals surface area contributed by atoms with E-state index in [1.165, 1.54) is 18.4 Å². The summed E-state index contributed by atoms with van der Waals surface area (Å²) in [6.07, 6.45) is 2.56. The molecule has 1 aliphatic rings. The van der Waals surface area contributed by atoms with E-state index in [0.717, 1.165) is 18.7 Å². The van der Waals surface area contributed by atoms with Crippen molar-refractivity contribution in [2.75, 3.05) is 13.1 Å². The van der Waals surface area contributed by atoms with Gasteiger partial charge in [-0.25, -0.2) is 0 Å². The van der Waals surface area contributed by atoms with Gasteiger partial charge in [0.1, 0.15) is 0 Å². The van der Waals surface area contributed by atoms with E-state index in [0.29, 0.717) is 0 Å². The number of aliphatic carboxylic acids is 1. The number of carbonyl (C=O) groups is 1. The molecule has 3 nitrogen and oxygen atoms in total. The zero-order valence-electron chi connectivity index (χ0n) is 10.2. The van der Waals surface area contributed by atoms with Crippen molar-refractivity contribution in [2.24, 2.45) is 0 Å². The van der Waals surface area contributed by atoms with Crippen LogP contribution in [0.5, 0.6) is 0 Å². The van der Waals surface area contributed by atoms with Gasteiger partial charge in [-0.15, -0.1) is 0 Å². The first kappa shape index (κ1) is 12.1. The Hall–Kier alpha value is -1.35. The van der Waals surface area contributed by atoms with E-state index in [2.05, 4.69) is 29.2 Å². The first-order chi connectivity index (χ1) is 8.16. The lowest BCUT2D eigenvalue weighted by Crippen LogP contribution is -2.27. The predicted molar refractivity (Wildman–Crippen MR) is 67.0 cm³/mol. The fraction of sp³-hybridized carbons (Fsp3) is 0.500. The molecule has 0 amide bonds. The van der Waals surface area contributed by atoms with Crippen molar-refractivity contribution in [3.8, 4) is 0 Å². The number of nitrogens with zero attached hydrogens (tertiary/aromatic N) is 1. The van der Waals surface area contributed by atoms with E-state index < -0.39 is 5.97 Å². The van der Waals surface area contributed by atoms with E-state index in [9.17, 15) is 4.79 Å². The molecule has 1 aliphatic heterocycles. The Morgan fingerprint density at radius 1 is 1.29 bits per heavy atom. The lowest BCUT2D eigenvalue weighted by molar-refractivity contribution is -0.138. The zero-order valence-corrected chi connectivity index (χ0v) is 10.2. The number of benzene rings is 1. The molecule has 0 saturated carbocycles. The number of carboxylic acid groups (broad SMARTS) is 1. The molecular formula is C14H19NO2. The van der Waals surface area contributed by atoms with Crippen molar-refractivity contribution < 1.29 is 9.90 Å². The molecule has 2 rings (SSSR count). The summed E-state index contributed by atoms with van der Waals surface area (Å²) >= 11 is 0. The molecule has 0 bridgehead atoms. The highest BCUT2D eigenvalue weighted by molar-refractivity contribution is 5.68. The SMILES string of the molecule is Cc1ccc(C(CC(=O)O)N2CCCC2)cc1. The van der Waals surface area contributed by atoms with Crippen molar-refractivity contribution in [3.05, 3.63) is 35.4 Å². The predicted octanol–water partition coefficient (Wildman–Crippen LogP) is 2.61. The molecule has 0 aliphatic carbocycles. The van der Waals surface area contributed by atoms with Crippen LogP contribution in [0.3, 0.4) is 0 Å². The third-order valence-electron chi connectivity index (χ3n) is 3.41. The summed E-state index contributed by atoms with van der Waals surface area (Å²) in [5.41, 5.74) is 2.34. The Morgan fingerprint density at radius 3 is 2.41 bits per heavy atom. The average molecular weight is 233 g/mol. The Balaban J connectivity index is 2.19. The molecule has 1 aromatic rings. The van der Waals surface area contributed by atoms with Crippen molar-refractivity contribution in [3.63, 3.8) is 0 Å². The molecule has 1 saturated heterocycles. The molecule has 1 fully saturated rings.